The first-order valence-electron chi connectivity index (χ1n) is 5.43. The molecule has 3 N–H and O–H groups in total. The highest BCUT2D eigenvalue weighted by atomic mass is 35.5. The first-order valence-corrected chi connectivity index (χ1v) is 6.62. The highest BCUT2D eigenvalue weighted by Crippen LogP contribution is 2.32. The monoisotopic (exact) mass is 278 g/mol. The Morgan fingerprint density at radius 2 is 2.22 bits per heavy atom. The summed E-state index contributed by atoms with van der Waals surface area (Å²) in [4.78, 5) is 1.07. The van der Waals surface area contributed by atoms with Crippen LogP contribution < -0.4 is 11.3 Å². The van der Waals surface area contributed by atoms with E-state index >= 15 is 0 Å². The summed E-state index contributed by atoms with van der Waals surface area (Å²) < 4.78 is 2.58. The number of hydrazine groups is 1. The van der Waals surface area contributed by atoms with E-state index in [1.165, 1.54) is 11.3 Å². The standard InChI is InChI=1S/C12H11ClN4S/c13-11-5-4-10(18-11)12(16-14)8-7-15-17-6-2-1-3-9(8)17/h1-7,12,16H,14H2. The Bertz CT molecular complexity index is 675. The van der Waals surface area contributed by atoms with Gasteiger partial charge in [0.2, 0.25) is 0 Å². The molecule has 0 amide bonds. The minimum atomic E-state index is -0.0950. The van der Waals surface area contributed by atoms with E-state index in [0.29, 0.717) is 0 Å². The van der Waals surface area contributed by atoms with E-state index in [4.69, 9.17) is 17.4 Å². The van der Waals surface area contributed by atoms with Gasteiger partial charge in [-0.2, -0.15) is 5.10 Å². The lowest BCUT2D eigenvalue weighted by Crippen LogP contribution is -2.28. The number of nitrogens with two attached hydrogens (primary N) is 1. The van der Waals surface area contributed by atoms with Crippen molar-refractivity contribution in [1.29, 1.82) is 0 Å². The Kier molecular flexibility index (Phi) is 3.05. The fourth-order valence-corrected chi connectivity index (χ4v) is 3.13. The van der Waals surface area contributed by atoms with Crippen LogP contribution in [-0.4, -0.2) is 9.61 Å². The minimum absolute atomic E-state index is 0.0950. The number of halogens is 1. The number of rotatable bonds is 3. The molecule has 1 atom stereocenters. The van der Waals surface area contributed by atoms with Crippen molar-refractivity contribution in [1.82, 2.24) is 15.0 Å². The van der Waals surface area contributed by atoms with Crippen LogP contribution in [0, 0.1) is 0 Å². The zero-order chi connectivity index (χ0) is 12.5. The van der Waals surface area contributed by atoms with Crippen molar-refractivity contribution in [3.63, 3.8) is 0 Å². The number of hydrogen-bond acceptors (Lipinski definition) is 4. The molecule has 0 spiro atoms. The normalized spacial score (nSPS) is 13.0. The van der Waals surface area contributed by atoms with E-state index in [1.807, 2.05) is 47.2 Å². The lowest BCUT2D eigenvalue weighted by molar-refractivity contribution is 0.650. The van der Waals surface area contributed by atoms with Gasteiger partial charge in [0.15, 0.2) is 0 Å². The van der Waals surface area contributed by atoms with Gasteiger partial charge in [-0.25, -0.2) is 9.94 Å². The third-order valence-electron chi connectivity index (χ3n) is 2.81. The molecule has 0 radical (unpaired) electrons. The zero-order valence-electron chi connectivity index (χ0n) is 9.38. The highest BCUT2D eigenvalue weighted by molar-refractivity contribution is 7.16. The fourth-order valence-electron chi connectivity index (χ4n) is 1.99. The molecule has 18 heavy (non-hydrogen) atoms. The van der Waals surface area contributed by atoms with Gasteiger partial charge in [0.25, 0.3) is 0 Å². The second kappa shape index (κ2) is 4.70. The molecule has 3 rings (SSSR count). The van der Waals surface area contributed by atoms with Crippen LogP contribution in [0.5, 0.6) is 0 Å². The van der Waals surface area contributed by atoms with Crippen molar-refractivity contribution < 1.29 is 0 Å². The third kappa shape index (κ3) is 1.91. The summed E-state index contributed by atoms with van der Waals surface area (Å²) in [6, 6.07) is 9.69. The molecule has 92 valence electrons. The van der Waals surface area contributed by atoms with E-state index < -0.39 is 0 Å². The number of nitrogens with one attached hydrogen (secondary N) is 1. The molecule has 0 bridgehead atoms. The minimum Gasteiger partial charge on any atom is -0.271 e. The Morgan fingerprint density at radius 3 is 2.94 bits per heavy atom. The molecule has 0 aromatic carbocycles. The van der Waals surface area contributed by atoms with Gasteiger partial charge < -0.3 is 0 Å². The van der Waals surface area contributed by atoms with Gasteiger partial charge in [-0.3, -0.25) is 5.84 Å². The summed E-state index contributed by atoms with van der Waals surface area (Å²) >= 11 is 7.48. The maximum atomic E-state index is 5.97. The second-order valence-electron chi connectivity index (χ2n) is 3.87. The van der Waals surface area contributed by atoms with Crippen molar-refractivity contribution in [2.75, 3.05) is 0 Å². The fraction of sp³-hybridized carbons (Fsp3) is 0.0833. The van der Waals surface area contributed by atoms with Crippen molar-refractivity contribution in [2.24, 2.45) is 5.84 Å². The molecular weight excluding hydrogens is 268 g/mol. The first-order chi connectivity index (χ1) is 8.79. The zero-order valence-corrected chi connectivity index (χ0v) is 10.9. The SMILES string of the molecule is NNC(c1ccc(Cl)s1)c1cnn2ccccc12. The summed E-state index contributed by atoms with van der Waals surface area (Å²) in [5.74, 6) is 5.67. The highest BCUT2D eigenvalue weighted by Gasteiger charge is 2.18. The van der Waals surface area contributed by atoms with Gasteiger partial charge in [-0.15, -0.1) is 11.3 Å². The maximum absolute atomic E-state index is 5.97. The van der Waals surface area contributed by atoms with E-state index in [0.717, 1.165) is 20.3 Å². The Balaban J connectivity index is 2.11. The number of aromatic nitrogens is 2. The van der Waals surface area contributed by atoms with E-state index in [-0.39, 0.29) is 6.04 Å². The number of hydrogen-bond donors (Lipinski definition) is 2. The largest absolute Gasteiger partial charge is 0.271 e. The Hall–Kier alpha value is -1.40. The van der Waals surface area contributed by atoms with Gasteiger partial charge in [-0.1, -0.05) is 17.7 Å². The predicted octanol–water partition coefficient (Wildman–Crippen LogP) is 2.60. The number of pyridine rings is 1. The molecule has 0 fully saturated rings. The van der Waals surface area contributed by atoms with Gasteiger partial charge >= 0.3 is 0 Å². The van der Waals surface area contributed by atoms with E-state index in [9.17, 15) is 0 Å². The molecule has 0 aliphatic rings. The molecule has 0 saturated heterocycles. The van der Waals surface area contributed by atoms with Gasteiger partial charge in [-0.05, 0) is 24.3 Å². The predicted molar refractivity (Wildman–Crippen MR) is 73.7 cm³/mol. The van der Waals surface area contributed by atoms with Crippen LogP contribution >= 0.6 is 22.9 Å². The van der Waals surface area contributed by atoms with Crippen LogP contribution in [0.3, 0.4) is 0 Å². The van der Waals surface area contributed by atoms with Crippen LogP contribution in [-0.2, 0) is 0 Å². The van der Waals surface area contributed by atoms with Crippen molar-refractivity contribution in [3.8, 4) is 0 Å². The third-order valence-corrected chi connectivity index (χ3v) is 4.11. The van der Waals surface area contributed by atoms with Gasteiger partial charge in [0, 0.05) is 16.6 Å². The molecule has 1 unspecified atom stereocenters. The summed E-state index contributed by atoms with van der Waals surface area (Å²) in [5, 5.41) is 4.31. The first kappa shape index (κ1) is 11.7. The van der Waals surface area contributed by atoms with Crippen LogP contribution in [0.25, 0.3) is 5.52 Å². The van der Waals surface area contributed by atoms with Crippen LogP contribution in [0.4, 0.5) is 0 Å². The summed E-state index contributed by atoms with van der Waals surface area (Å²) in [7, 11) is 0. The number of nitrogens with zero attached hydrogens (tertiary/aromatic N) is 2. The molecule has 0 aliphatic heterocycles. The quantitative estimate of drug-likeness (QED) is 0.572. The van der Waals surface area contributed by atoms with Crippen molar-refractivity contribution in [2.45, 2.75) is 6.04 Å². The van der Waals surface area contributed by atoms with E-state index in [2.05, 4.69) is 10.5 Å². The smallest absolute Gasteiger partial charge is 0.0931 e. The Morgan fingerprint density at radius 1 is 1.33 bits per heavy atom. The van der Waals surface area contributed by atoms with Crippen LogP contribution in [0.1, 0.15) is 16.5 Å². The molecule has 3 heterocycles. The van der Waals surface area contributed by atoms with Crippen molar-refractivity contribution in [3.05, 3.63) is 57.5 Å². The van der Waals surface area contributed by atoms with Gasteiger partial charge in [0.05, 0.1) is 22.1 Å². The van der Waals surface area contributed by atoms with E-state index in [1.54, 1.807) is 0 Å². The molecule has 3 aromatic heterocycles. The molecule has 0 saturated carbocycles. The molecule has 3 aromatic rings. The maximum Gasteiger partial charge on any atom is 0.0931 e. The summed E-state index contributed by atoms with van der Waals surface area (Å²) in [6.07, 6.45) is 3.74. The lowest BCUT2D eigenvalue weighted by atomic mass is 10.1. The molecule has 4 nitrogen and oxygen atoms in total. The van der Waals surface area contributed by atoms with Gasteiger partial charge in [0.1, 0.15) is 0 Å². The summed E-state index contributed by atoms with van der Waals surface area (Å²) in [6.45, 7) is 0. The summed E-state index contributed by atoms with van der Waals surface area (Å²) in [5.41, 5.74) is 4.90. The van der Waals surface area contributed by atoms with Crippen LogP contribution in [0.15, 0.2) is 42.7 Å². The lowest BCUT2D eigenvalue weighted by Gasteiger charge is -2.12. The van der Waals surface area contributed by atoms with Crippen LogP contribution in [0.2, 0.25) is 4.34 Å². The molecular formula is C12H11ClN4S. The number of fused-ring (bicyclic) bond motifs is 1. The second-order valence-corrected chi connectivity index (χ2v) is 5.62. The molecule has 0 aliphatic carbocycles. The molecule has 6 heteroatoms. The average Bonchev–Trinajstić information content (AvgIpc) is 2.98. The topological polar surface area (TPSA) is 55.3 Å². The Labute approximate surface area is 113 Å². The van der Waals surface area contributed by atoms with Crippen molar-refractivity contribution >= 4 is 28.5 Å². The average molecular weight is 279 g/mol. The number of thiophene rings is 1.